The van der Waals surface area contributed by atoms with Gasteiger partial charge in [-0.3, -0.25) is 0 Å². The van der Waals surface area contributed by atoms with E-state index in [1.165, 1.54) is 12.8 Å². The van der Waals surface area contributed by atoms with Gasteiger partial charge in [0.25, 0.3) is 0 Å². The molecule has 3 heteroatoms. The summed E-state index contributed by atoms with van der Waals surface area (Å²) >= 11 is 0. The zero-order chi connectivity index (χ0) is 11.5. The summed E-state index contributed by atoms with van der Waals surface area (Å²) in [6.45, 7) is 3.02. The Morgan fingerprint density at radius 1 is 1.44 bits per heavy atom. The van der Waals surface area contributed by atoms with Gasteiger partial charge in [0.05, 0.1) is 0 Å². The molecule has 16 heavy (non-hydrogen) atoms. The minimum absolute atomic E-state index is 0.641. The quantitative estimate of drug-likeness (QED) is 0.822. The topological polar surface area (TPSA) is 28.2 Å². The molecular weight excluding hydrogens is 198 g/mol. The summed E-state index contributed by atoms with van der Waals surface area (Å²) in [5.41, 5.74) is 1.07. The lowest BCUT2D eigenvalue weighted by Crippen LogP contribution is -2.36. The van der Waals surface area contributed by atoms with Gasteiger partial charge in [0.2, 0.25) is 0 Å². The number of anilines is 1. The van der Waals surface area contributed by atoms with Crippen molar-refractivity contribution in [3.63, 3.8) is 0 Å². The maximum atomic E-state index is 4.45. The molecule has 1 aromatic heterocycles. The molecule has 1 aromatic rings. The number of hydrogen-bond donors (Lipinski definition) is 1. The number of likely N-dealkylation sites (N-methyl/N-ethyl adjacent to an activating group) is 1. The Morgan fingerprint density at radius 3 is 2.75 bits per heavy atom. The SMILES string of the molecule is Cc1cccc(NC[C@@H](C2CC2)N(C)C)n1. The first-order valence-corrected chi connectivity index (χ1v) is 6.01. The van der Waals surface area contributed by atoms with E-state index in [1.54, 1.807) is 0 Å². The van der Waals surface area contributed by atoms with E-state index in [4.69, 9.17) is 0 Å². The predicted octanol–water partition coefficient (Wildman–Crippen LogP) is 2.14. The van der Waals surface area contributed by atoms with Crippen LogP contribution in [-0.2, 0) is 0 Å². The number of aryl methyl sites for hydroxylation is 1. The summed E-state index contributed by atoms with van der Waals surface area (Å²) in [6.07, 6.45) is 2.76. The summed E-state index contributed by atoms with van der Waals surface area (Å²) < 4.78 is 0. The minimum Gasteiger partial charge on any atom is -0.368 e. The molecule has 1 fully saturated rings. The number of aromatic nitrogens is 1. The summed E-state index contributed by atoms with van der Waals surface area (Å²) in [5.74, 6) is 1.87. The third-order valence-corrected chi connectivity index (χ3v) is 3.21. The van der Waals surface area contributed by atoms with Crippen LogP contribution in [0.2, 0.25) is 0 Å². The fourth-order valence-corrected chi connectivity index (χ4v) is 2.10. The number of nitrogens with zero attached hydrogens (tertiary/aromatic N) is 2. The molecule has 0 aliphatic heterocycles. The van der Waals surface area contributed by atoms with Crippen LogP contribution in [-0.4, -0.2) is 36.6 Å². The van der Waals surface area contributed by atoms with E-state index in [0.29, 0.717) is 6.04 Å². The molecule has 0 bridgehead atoms. The Bertz CT molecular complexity index is 343. The van der Waals surface area contributed by atoms with Gasteiger partial charge in [-0.2, -0.15) is 0 Å². The van der Waals surface area contributed by atoms with Gasteiger partial charge < -0.3 is 10.2 Å². The van der Waals surface area contributed by atoms with Crippen LogP contribution in [0.15, 0.2) is 18.2 Å². The van der Waals surface area contributed by atoms with Crippen molar-refractivity contribution in [2.24, 2.45) is 5.92 Å². The van der Waals surface area contributed by atoms with Gasteiger partial charge in [0.1, 0.15) is 5.82 Å². The maximum absolute atomic E-state index is 4.45. The van der Waals surface area contributed by atoms with Crippen LogP contribution in [0.4, 0.5) is 5.82 Å². The summed E-state index contributed by atoms with van der Waals surface area (Å²) in [5, 5.41) is 3.44. The largest absolute Gasteiger partial charge is 0.368 e. The lowest BCUT2D eigenvalue weighted by Gasteiger charge is -2.24. The third kappa shape index (κ3) is 2.95. The fraction of sp³-hybridized carbons (Fsp3) is 0.615. The van der Waals surface area contributed by atoms with E-state index >= 15 is 0 Å². The number of pyridine rings is 1. The Labute approximate surface area is 97.9 Å². The molecule has 1 aliphatic carbocycles. The zero-order valence-corrected chi connectivity index (χ0v) is 10.4. The van der Waals surface area contributed by atoms with E-state index in [1.807, 2.05) is 25.1 Å². The van der Waals surface area contributed by atoms with E-state index in [9.17, 15) is 0 Å². The Kier molecular flexibility index (Phi) is 3.44. The van der Waals surface area contributed by atoms with Crippen molar-refractivity contribution in [1.29, 1.82) is 0 Å². The Morgan fingerprint density at radius 2 is 2.19 bits per heavy atom. The molecule has 2 rings (SSSR count). The lowest BCUT2D eigenvalue weighted by molar-refractivity contribution is 0.276. The van der Waals surface area contributed by atoms with E-state index in [2.05, 4.69) is 29.3 Å². The van der Waals surface area contributed by atoms with Crippen LogP contribution in [0.3, 0.4) is 0 Å². The van der Waals surface area contributed by atoms with Gasteiger partial charge >= 0.3 is 0 Å². The Hall–Kier alpha value is -1.09. The molecule has 0 saturated heterocycles. The second-order valence-corrected chi connectivity index (χ2v) is 4.91. The van der Waals surface area contributed by atoms with Crippen molar-refractivity contribution in [3.05, 3.63) is 23.9 Å². The predicted molar refractivity (Wildman–Crippen MR) is 67.7 cm³/mol. The average Bonchev–Trinajstić information content (AvgIpc) is 3.02. The standard InChI is InChI=1S/C13H21N3/c1-10-5-4-6-13(15-10)14-9-12(16(2)3)11-7-8-11/h4-6,11-12H,7-9H2,1-3H3,(H,14,15)/t12-/m0/s1. The van der Waals surface area contributed by atoms with Gasteiger partial charge in [-0.1, -0.05) is 6.07 Å². The molecule has 1 N–H and O–H groups in total. The highest BCUT2D eigenvalue weighted by atomic mass is 15.1. The molecule has 0 radical (unpaired) electrons. The fourth-order valence-electron chi connectivity index (χ4n) is 2.10. The van der Waals surface area contributed by atoms with Crippen molar-refractivity contribution < 1.29 is 0 Å². The van der Waals surface area contributed by atoms with Crippen molar-refractivity contribution in [1.82, 2.24) is 9.88 Å². The molecule has 3 nitrogen and oxygen atoms in total. The van der Waals surface area contributed by atoms with Gasteiger partial charge in [0, 0.05) is 18.3 Å². The molecule has 0 amide bonds. The summed E-state index contributed by atoms with van der Waals surface area (Å²) in [4.78, 5) is 6.77. The highest BCUT2D eigenvalue weighted by Gasteiger charge is 2.32. The first-order chi connectivity index (χ1) is 7.66. The monoisotopic (exact) mass is 219 g/mol. The second kappa shape index (κ2) is 4.83. The number of nitrogens with one attached hydrogen (secondary N) is 1. The first-order valence-electron chi connectivity index (χ1n) is 6.01. The molecule has 1 saturated carbocycles. The van der Waals surface area contributed by atoms with Crippen LogP contribution in [0, 0.1) is 12.8 Å². The van der Waals surface area contributed by atoms with Gasteiger partial charge in [-0.25, -0.2) is 4.98 Å². The molecule has 88 valence electrons. The molecule has 1 aliphatic rings. The van der Waals surface area contributed by atoms with Crippen molar-refractivity contribution in [3.8, 4) is 0 Å². The minimum atomic E-state index is 0.641. The van der Waals surface area contributed by atoms with Crippen LogP contribution in [0.5, 0.6) is 0 Å². The third-order valence-electron chi connectivity index (χ3n) is 3.21. The van der Waals surface area contributed by atoms with Crippen molar-refractivity contribution in [2.75, 3.05) is 26.0 Å². The molecule has 1 atom stereocenters. The van der Waals surface area contributed by atoms with Crippen LogP contribution in [0.25, 0.3) is 0 Å². The van der Waals surface area contributed by atoms with Gasteiger partial charge in [-0.05, 0) is 51.9 Å². The number of hydrogen-bond acceptors (Lipinski definition) is 3. The number of rotatable bonds is 5. The van der Waals surface area contributed by atoms with Crippen molar-refractivity contribution >= 4 is 5.82 Å². The molecule has 0 spiro atoms. The molecule has 1 heterocycles. The smallest absolute Gasteiger partial charge is 0.126 e. The lowest BCUT2D eigenvalue weighted by atomic mass is 10.1. The van der Waals surface area contributed by atoms with Crippen LogP contribution < -0.4 is 5.32 Å². The normalized spacial score (nSPS) is 17.5. The highest BCUT2D eigenvalue weighted by Crippen LogP contribution is 2.34. The van der Waals surface area contributed by atoms with Gasteiger partial charge in [-0.15, -0.1) is 0 Å². The summed E-state index contributed by atoms with van der Waals surface area (Å²) in [7, 11) is 4.32. The summed E-state index contributed by atoms with van der Waals surface area (Å²) in [6, 6.07) is 6.75. The average molecular weight is 219 g/mol. The van der Waals surface area contributed by atoms with Crippen molar-refractivity contribution in [2.45, 2.75) is 25.8 Å². The van der Waals surface area contributed by atoms with E-state index in [-0.39, 0.29) is 0 Å². The second-order valence-electron chi connectivity index (χ2n) is 4.91. The molecule has 0 aromatic carbocycles. The van der Waals surface area contributed by atoms with E-state index < -0.39 is 0 Å². The first kappa shape index (κ1) is 11.4. The molecular formula is C13H21N3. The van der Waals surface area contributed by atoms with Gasteiger partial charge in [0.15, 0.2) is 0 Å². The Balaban J connectivity index is 1.90. The van der Waals surface area contributed by atoms with Crippen LogP contribution in [0.1, 0.15) is 18.5 Å². The molecule has 0 unspecified atom stereocenters. The maximum Gasteiger partial charge on any atom is 0.126 e. The van der Waals surface area contributed by atoms with Crippen LogP contribution >= 0.6 is 0 Å². The highest BCUT2D eigenvalue weighted by molar-refractivity contribution is 5.35. The zero-order valence-electron chi connectivity index (χ0n) is 10.4. The van der Waals surface area contributed by atoms with E-state index in [0.717, 1.165) is 24.0 Å².